The maximum Gasteiger partial charge on any atom is 0.138 e. The Morgan fingerprint density at radius 1 is 0.386 bits per heavy atom. The lowest BCUT2D eigenvalue weighted by atomic mass is 10.1. The molecule has 0 aliphatic rings. The Balaban J connectivity index is 1.11. The first-order valence-corrected chi connectivity index (χ1v) is 14.6. The molecule has 0 radical (unpaired) electrons. The normalized spacial score (nSPS) is 11.6. The molecule has 0 amide bonds. The van der Waals surface area contributed by atoms with Gasteiger partial charge in [0.1, 0.15) is 5.82 Å². The van der Waals surface area contributed by atoms with E-state index in [1.54, 1.807) is 0 Å². The number of hydrogen-bond donors (Lipinski definition) is 0. The number of pyridine rings is 4. The first kappa shape index (κ1) is 24.5. The highest BCUT2D eigenvalue weighted by atomic mass is 15.1. The van der Waals surface area contributed by atoms with Crippen molar-refractivity contribution < 1.29 is 0 Å². The third-order valence-corrected chi connectivity index (χ3v) is 8.35. The van der Waals surface area contributed by atoms with Gasteiger partial charge in [-0.15, -0.1) is 0 Å². The minimum Gasteiger partial charge on any atom is -0.308 e. The van der Waals surface area contributed by atoms with Crippen LogP contribution in [0.25, 0.3) is 77.8 Å². The molecule has 6 heteroatoms. The molecule has 0 spiro atoms. The highest BCUT2D eigenvalue weighted by molar-refractivity contribution is 6.09. The maximum absolute atomic E-state index is 5.09. The number of aromatic nitrogens is 6. The molecule has 0 bridgehead atoms. The fraction of sp³-hybridized carbons (Fsp3) is 0. The average Bonchev–Trinajstić information content (AvgIpc) is 3.62. The summed E-state index contributed by atoms with van der Waals surface area (Å²) in [5.74, 6) is 0.832. The fourth-order valence-corrected chi connectivity index (χ4v) is 6.37. The van der Waals surface area contributed by atoms with E-state index in [0.29, 0.717) is 0 Å². The van der Waals surface area contributed by atoms with Gasteiger partial charge in [-0.2, -0.15) is 0 Å². The van der Waals surface area contributed by atoms with Crippen molar-refractivity contribution in [3.8, 4) is 34.2 Å². The molecular formula is C38H24N6. The third kappa shape index (κ3) is 3.75. The second-order valence-corrected chi connectivity index (χ2v) is 10.8. The first-order valence-electron chi connectivity index (χ1n) is 14.6. The molecule has 3 aromatic carbocycles. The summed E-state index contributed by atoms with van der Waals surface area (Å²) in [5.41, 5.74) is 9.03. The van der Waals surface area contributed by atoms with Crippen molar-refractivity contribution in [3.05, 3.63) is 146 Å². The van der Waals surface area contributed by atoms with Gasteiger partial charge >= 0.3 is 0 Å². The lowest BCUT2D eigenvalue weighted by Gasteiger charge is -2.10. The number of fused-ring (bicyclic) bond motifs is 6. The lowest BCUT2D eigenvalue weighted by molar-refractivity contribution is 1.07. The Hall–Kier alpha value is -6.14. The van der Waals surface area contributed by atoms with Crippen molar-refractivity contribution in [2.75, 3.05) is 0 Å². The van der Waals surface area contributed by atoms with Crippen LogP contribution in [-0.2, 0) is 0 Å². The Morgan fingerprint density at radius 2 is 0.932 bits per heavy atom. The van der Waals surface area contributed by atoms with E-state index in [1.807, 2.05) is 61.2 Å². The van der Waals surface area contributed by atoms with Crippen molar-refractivity contribution in [3.63, 3.8) is 0 Å². The molecule has 0 aliphatic heterocycles. The highest BCUT2D eigenvalue weighted by Crippen LogP contribution is 2.33. The zero-order valence-corrected chi connectivity index (χ0v) is 23.5. The quantitative estimate of drug-likeness (QED) is 0.214. The van der Waals surface area contributed by atoms with E-state index in [0.717, 1.165) is 61.6 Å². The molecular weight excluding hydrogens is 540 g/mol. The molecule has 0 fully saturated rings. The van der Waals surface area contributed by atoms with Crippen LogP contribution in [0.2, 0.25) is 0 Å². The van der Waals surface area contributed by atoms with Gasteiger partial charge in [0.15, 0.2) is 0 Å². The summed E-state index contributed by atoms with van der Waals surface area (Å²) in [6.45, 7) is 0. The smallest absolute Gasteiger partial charge is 0.138 e. The summed E-state index contributed by atoms with van der Waals surface area (Å²) < 4.78 is 4.44. The molecule has 0 saturated carbocycles. The van der Waals surface area contributed by atoms with E-state index in [-0.39, 0.29) is 0 Å². The summed E-state index contributed by atoms with van der Waals surface area (Å²) in [4.78, 5) is 19.0. The van der Waals surface area contributed by atoms with Crippen molar-refractivity contribution >= 4 is 43.6 Å². The molecule has 206 valence electrons. The Bertz CT molecular complexity index is 2400. The maximum atomic E-state index is 5.09. The van der Waals surface area contributed by atoms with Crippen molar-refractivity contribution in [1.82, 2.24) is 29.1 Å². The van der Waals surface area contributed by atoms with Crippen LogP contribution in [0.1, 0.15) is 0 Å². The van der Waals surface area contributed by atoms with Crippen molar-refractivity contribution in [2.45, 2.75) is 0 Å². The van der Waals surface area contributed by atoms with Gasteiger partial charge in [0, 0.05) is 45.2 Å². The number of nitrogens with zero attached hydrogens (tertiary/aromatic N) is 6. The van der Waals surface area contributed by atoms with Crippen LogP contribution in [0.15, 0.2) is 146 Å². The largest absolute Gasteiger partial charge is 0.308 e. The monoisotopic (exact) mass is 564 g/mol. The van der Waals surface area contributed by atoms with Crippen LogP contribution in [-0.4, -0.2) is 29.1 Å². The van der Waals surface area contributed by atoms with E-state index < -0.39 is 0 Å². The van der Waals surface area contributed by atoms with E-state index in [9.17, 15) is 0 Å². The van der Waals surface area contributed by atoms with Crippen LogP contribution in [0, 0.1) is 0 Å². The second-order valence-electron chi connectivity index (χ2n) is 10.8. The predicted molar refractivity (Wildman–Crippen MR) is 177 cm³/mol. The van der Waals surface area contributed by atoms with Gasteiger partial charge in [-0.25, -0.2) is 9.97 Å². The Kier molecular flexibility index (Phi) is 5.40. The number of rotatable bonds is 4. The van der Waals surface area contributed by atoms with Gasteiger partial charge < -0.3 is 4.57 Å². The average molecular weight is 565 g/mol. The molecule has 6 nitrogen and oxygen atoms in total. The Labute approximate surface area is 252 Å². The van der Waals surface area contributed by atoms with Gasteiger partial charge in [-0.1, -0.05) is 60.7 Å². The van der Waals surface area contributed by atoms with Crippen molar-refractivity contribution in [1.29, 1.82) is 0 Å². The molecule has 6 aromatic heterocycles. The molecule has 0 aliphatic carbocycles. The Morgan fingerprint density at radius 3 is 1.64 bits per heavy atom. The van der Waals surface area contributed by atoms with E-state index >= 15 is 0 Å². The SMILES string of the molecule is c1cc(-c2ccc(-n3c4ccccc4c4ccncc43)cc2)nc(-c2cccc(-n3c4ccccc4c4ccncc43)n2)c1. The number of hydrogen-bond acceptors (Lipinski definition) is 4. The zero-order chi connectivity index (χ0) is 29.0. The first-order chi connectivity index (χ1) is 21.8. The van der Waals surface area contributed by atoms with Gasteiger partial charge in [-0.05, 0) is 60.7 Å². The summed E-state index contributed by atoms with van der Waals surface area (Å²) >= 11 is 0. The summed E-state index contributed by atoms with van der Waals surface area (Å²) in [6, 6.07) is 41.8. The number of benzene rings is 3. The van der Waals surface area contributed by atoms with E-state index in [1.165, 1.54) is 16.2 Å². The van der Waals surface area contributed by atoms with Gasteiger partial charge in [0.2, 0.25) is 0 Å². The van der Waals surface area contributed by atoms with Crippen LogP contribution in [0.5, 0.6) is 0 Å². The van der Waals surface area contributed by atoms with Crippen LogP contribution in [0.4, 0.5) is 0 Å². The summed E-state index contributed by atoms with van der Waals surface area (Å²) in [7, 11) is 0. The summed E-state index contributed by atoms with van der Waals surface area (Å²) in [6.07, 6.45) is 7.53. The molecule has 0 saturated heterocycles. The van der Waals surface area contributed by atoms with Crippen LogP contribution in [0.3, 0.4) is 0 Å². The molecule has 0 unspecified atom stereocenters. The standard InChI is InChI=1S/C38H24N6/c1-3-12-34-27(7-1)29-19-21-39-23-36(29)43(34)26-17-15-25(16-18-26)31-9-5-10-32(41-31)33-11-6-14-38(42-33)44-35-13-4-2-8-28(35)30-20-22-40-24-37(30)44/h1-24H. The van der Waals surface area contributed by atoms with Gasteiger partial charge in [-0.3, -0.25) is 14.5 Å². The zero-order valence-electron chi connectivity index (χ0n) is 23.5. The molecule has 9 aromatic rings. The number of para-hydroxylation sites is 2. The van der Waals surface area contributed by atoms with Crippen molar-refractivity contribution in [2.24, 2.45) is 0 Å². The van der Waals surface area contributed by atoms with Crippen LogP contribution >= 0.6 is 0 Å². The molecule has 44 heavy (non-hydrogen) atoms. The van der Waals surface area contributed by atoms with E-state index in [4.69, 9.17) is 9.97 Å². The predicted octanol–water partition coefficient (Wildman–Crippen LogP) is 8.79. The highest BCUT2D eigenvalue weighted by Gasteiger charge is 2.15. The molecule has 0 N–H and O–H groups in total. The van der Waals surface area contributed by atoms with Gasteiger partial charge in [0.25, 0.3) is 0 Å². The second kappa shape index (κ2) is 9.71. The minimum atomic E-state index is 0.813. The summed E-state index contributed by atoms with van der Waals surface area (Å²) in [5, 5.41) is 4.75. The molecule has 9 rings (SSSR count). The van der Waals surface area contributed by atoms with Gasteiger partial charge in [0.05, 0.1) is 51.5 Å². The third-order valence-electron chi connectivity index (χ3n) is 8.35. The lowest BCUT2D eigenvalue weighted by Crippen LogP contribution is -1.99. The molecule has 6 heterocycles. The molecule has 0 atom stereocenters. The minimum absolute atomic E-state index is 0.813. The fourth-order valence-electron chi connectivity index (χ4n) is 6.37. The van der Waals surface area contributed by atoms with E-state index in [2.05, 4.69) is 104 Å². The topological polar surface area (TPSA) is 61.4 Å². The van der Waals surface area contributed by atoms with Crippen LogP contribution < -0.4 is 0 Å².